The van der Waals surface area contributed by atoms with Gasteiger partial charge in [0, 0.05) is 31.2 Å². The Morgan fingerprint density at radius 2 is 1.50 bits per heavy atom. The van der Waals surface area contributed by atoms with E-state index < -0.39 is 11.7 Å². The van der Waals surface area contributed by atoms with Crippen LogP contribution in [0.25, 0.3) is 0 Å². The zero-order valence-corrected chi connectivity index (χ0v) is 11.2. The van der Waals surface area contributed by atoms with Crippen molar-refractivity contribution in [2.75, 3.05) is 24.3 Å². The fourth-order valence-corrected chi connectivity index (χ4v) is 1.80. The molecule has 0 heterocycles. The highest BCUT2D eigenvalue weighted by Crippen LogP contribution is 2.31. The first kappa shape index (κ1) is 14.2. The third-order valence-electron chi connectivity index (χ3n) is 2.84. The molecule has 1 N–H and O–H groups in total. The van der Waals surface area contributed by atoms with Gasteiger partial charge >= 0.3 is 6.18 Å². The Morgan fingerprint density at radius 3 is 2.10 bits per heavy atom. The summed E-state index contributed by atoms with van der Waals surface area (Å²) in [4.78, 5) is 1.93. The summed E-state index contributed by atoms with van der Waals surface area (Å²) in [6, 6.07) is 12.6. The van der Waals surface area contributed by atoms with E-state index in [1.165, 1.54) is 6.07 Å². The maximum absolute atomic E-state index is 12.6. The molecular weight excluding hydrogens is 265 g/mol. The largest absolute Gasteiger partial charge is 0.416 e. The van der Waals surface area contributed by atoms with E-state index in [4.69, 9.17) is 0 Å². The standard InChI is InChI=1S/C15H15F3N2/c1-20(2)14-8-4-7-13(10-14)19-12-6-3-5-11(9-12)15(16,17)18/h3-10,19H,1-2H3. The van der Waals surface area contributed by atoms with Gasteiger partial charge in [-0.3, -0.25) is 0 Å². The van der Waals surface area contributed by atoms with E-state index in [0.717, 1.165) is 23.5 Å². The van der Waals surface area contributed by atoms with Gasteiger partial charge < -0.3 is 10.2 Å². The first-order valence-corrected chi connectivity index (χ1v) is 6.08. The molecule has 0 fully saturated rings. The van der Waals surface area contributed by atoms with Crippen molar-refractivity contribution >= 4 is 17.1 Å². The monoisotopic (exact) mass is 280 g/mol. The lowest BCUT2D eigenvalue weighted by molar-refractivity contribution is -0.137. The Morgan fingerprint density at radius 1 is 0.900 bits per heavy atom. The van der Waals surface area contributed by atoms with Crippen molar-refractivity contribution in [1.29, 1.82) is 0 Å². The molecule has 106 valence electrons. The topological polar surface area (TPSA) is 15.3 Å². The number of nitrogens with one attached hydrogen (secondary N) is 1. The highest BCUT2D eigenvalue weighted by molar-refractivity contribution is 5.65. The maximum atomic E-state index is 12.6. The van der Waals surface area contributed by atoms with Gasteiger partial charge in [-0.15, -0.1) is 0 Å². The lowest BCUT2D eigenvalue weighted by Gasteiger charge is -2.15. The highest BCUT2D eigenvalue weighted by Gasteiger charge is 2.30. The lowest BCUT2D eigenvalue weighted by Crippen LogP contribution is -2.08. The Hall–Kier alpha value is -2.17. The molecule has 2 rings (SSSR count). The zero-order chi connectivity index (χ0) is 14.8. The molecule has 2 aromatic carbocycles. The molecule has 0 amide bonds. The van der Waals surface area contributed by atoms with Crippen LogP contribution in [0.2, 0.25) is 0 Å². The van der Waals surface area contributed by atoms with Crippen molar-refractivity contribution in [2.24, 2.45) is 0 Å². The Kier molecular flexibility index (Phi) is 3.88. The second-order valence-electron chi connectivity index (χ2n) is 4.65. The number of hydrogen-bond donors (Lipinski definition) is 1. The summed E-state index contributed by atoms with van der Waals surface area (Å²) in [5.41, 5.74) is 1.47. The first-order chi connectivity index (χ1) is 9.36. The van der Waals surface area contributed by atoms with E-state index >= 15 is 0 Å². The molecule has 0 saturated heterocycles. The molecule has 2 nitrogen and oxygen atoms in total. The van der Waals surface area contributed by atoms with Gasteiger partial charge in [0.25, 0.3) is 0 Å². The van der Waals surface area contributed by atoms with Gasteiger partial charge in [0.1, 0.15) is 0 Å². The van der Waals surface area contributed by atoms with E-state index in [9.17, 15) is 13.2 Å². The summed E-state index contributed by atoms with van der Waals surface area (Å²) in [6.07, 6.45) is -4.33. The van der Waals surface area contributed by atoms with Crippen LogP contribution in [0.3, 0.4) is 0 Å². The molecule has 0 bridgehead atoms. The molecule has 0 radical (unpaired) electrons. The Balaban J connectivity index is 2.24. The van der Waals surface area contributed by atoms with Crippen molar-refractivity contribution in [3.8, 4) is 0 Å². The summed E-state index contributed by atoms with van der Waals surface area (Å²) >= 11 is 0. The van der Waals surface area contributed by atoms with Crippen LogP contribution in [0, 0.1) is 0 Å². The van der Waals surface area contributed by atoms with Crippen LogP contribution in [-0.4, -0.2) is 14.1 Å². The lowest BCUT2D eigenvalue weighted by atomic mass is 10.2. The third-order valence-corrected chi connectivity index (χ3v) is 2.84. The Bertz CT molecular complexity index is 592. The van der Waals surface area contributed by atoms with Crippen LogP contribution >= 0.6 is 0 Å². The van der Waals surface area contributed by atoms with Crippen LogP contribution < -0.4 is 10.2 Å². The number of nitrogens with zero attached hydrogens (tertiary/aromatic N) is 1. The van der Waals surface area contributed by atoms with Gasteiger partial charge in [-0.1, -0.05) is 12.1 Å². The summed E-state index contributed by atoms with van der Waals surface area (Å²) < 4.78 is 37.9. The molecule has 0 aliphatic carbocycles. The second kappa shape index (κ2) is 5.45. The van der Waals surface area contributed by atoms with Crippen molar-refractivity contribution in [3.05, 3.63) is 54.1 Å². The molecule has 0 aliphatic rings. The minimum absolute atomic E-state index is 0.413. The molecule has 0 unspecified atom stereocenters. The van der Waals surface area contributed by atoms with E-state index in [1.54, 1.807) is 6.07 Å². The van der Waals surface area contributed by atoms with Crippen LogP contribution in [0.4, 0.5) is 30.2 Å². The van der Waals surface area contributed by atoms with E-state index in [1.807, 2.05) is 43.3 Å². The summed E-state index contributed by atoms with van der Waals surface area (Å²) in [5.74, 6) is 0. The predicted molar refractivity (Wildman–Crippen MR) is 75.5 cm³/mol. The number of halogens is 3. The van der Waals surface area contributed by atoms with Crippen molar-refractivity contribution in [1.82, 2.24) is 0 Å². The second-order valence-corrected chi connectivity index (χ2v) is 4.65. The number of alkyl halides is 3. The van der Waals surface area contributed by atoms with Crippen molar-refractivity contribution in [2.45, 2.75) is 6.18 Å². The zero-order valence-electron chi connectivity index (χ0n) is 11.2. The van der Waals surface area contributed by atoms with E-state index in [-0.39, 0.29) is 0 Å². The molecule has 0 atom stereocenters. The quantitative estimate of drug-likeness (QED) is 0.889. The third kappa shape index (κ3) is 3.44. The SMILES string of the molecule is CN(C)c1cccc(Nc2cccc(C(F)(F)F)c2)c1. The van der Waals surface area contributed by atoms with Crippen molar-refractivity contribution in [3.63, 3.8) is 0 Å². The fraction of sp³-hybridized carbons (Fsp3) is 0.200. The number of anilines is 3. The van der Waals surface area contributed by atoms with E-state index in [0.29, 0.717) is 5.69 Å². The van der Waals surface area contributed by atoms with Gasteiger partial charge in [-0.25, -0.2) is 0 Å². The number of benzene rings is 2. The van der Waals surface area contributed by atoms with E-state index in [2.05, 4.69) is 5.32 Å². The van der Waals surface area contributed by atoms with Gasteiger partial charge in [0.2, 0.25) is 0 Å². The summed E-state index contributed by atoms with van der Waals surface area (Å²) in [5, 5.41) is 2.99. The number of rotatable bonds is 3. The van der Waals surface area contributed by atoms with Gasteiger partial charge in [0.15, 0.2) is 0 Å². The molecule has 0 spiro atoms. The maximum Gasteiger partial charge on any atom is 0.416 e. The summed E-state index contributed by atoms with van der Waals surface area (Å²) in [6.45, 7) is 0. The molecular formula is C15H15F3N2. The Labute approximate surface area is 115 Å². The normalized spacial score (nSPS) is 11.2. The smallest absolute Gasteiger partial charge is 0.378 e. The van der Waals surface area contributed by atoms with Gasteiger partial charge in [-0.05, 0) is 36.4 Å². The number of hydrogen-bond acceptors (Lipinski definition) is 2. The average Bonchev–Trinajstić information content (AvgIpc) is 2.38. The van der Waals surface area contributed by atoms with Crippen LogP contribution in [0.5, 0.6) is 0 Å². The van der Waals surface area contributed by atoms with Crippen LogP contribution in [-0.2, 0) is 6.18 Å². The average molecular weight is 280 g/mol. The molecule has 2 aromatic rings. The minimum atomic E-state index is -4.33. The first-order valence-electron chi connectivity index (χ1n) is 6.08. The molecule has 0 aliphatic heterocycles. The molecule has 5 heteroatoms. The van der Waals surface area contributed by atoms with Crippen molar-refractivity contribution < 1.29 is 13.2 Å². The van der Waals surface area contributed by atoms with Gasteiger partial charge in [-0.2, -0.15) is 13.2 Å². The molecule has 0 aromatic heterocycles. The van der Waals surface area contributed by atoms with Crippen LogP contribution in [0.15, 0.2) is 48.5 Å². The fourth-order valence-electron chi connectivity index (χ4n) is 1.80. The van der Waals surface area contributed by atoms with Crippen LogP contribution in [0.1, 0.15) is 5.56 Å². The predicted octanol–water partition coefficient (Wildman–Crippen LogP) is 4.52. The molecule has 0 saturated carbocycles. The minimum Gasteiger partial charge on any atom is -0.378 e. The highest BCUT2D eigenvalue weighted by atomic mass is 19.4. The van der Waals surface area contributed by atoms with Gasteiger partial charge in [0.05, 0.1) is 5.56 Å². The molecule has 20 heavy (non-hydrogen) atoms. The summed E-state index contributed by atoms with van der Waals surface area (Å²) in [7, 11) is 3.81.